The molecule has 0 saturated heterocycles. The molecule has 1 saturated carbocycles. The molecule has 0 spiro atoms. The van der Waals surface area contributed by atoms with E-state index < -0.39 is 0 Å². The highest BCUT2D eigenvalue weighted by molar-refractivity contribution is 8.14. The Morgan fingerprint density at radius 3 is 2.67 bits per heavy atom. The van der Waals surface area contributed by atoms with Gasteiger partial charge in [0.2, 0.25) is 0 Å². The number of hydrogen-bond acceptors (Lipinski definition) is 3. The average Bonchev–Trinajstić information content (AvgIpc) is 2.60. The van der Waals surface area contributed by atoms with Crippen molar-refractivity contribution in [1.29, 1.82) is 0 Å². The van der Waals surface area contributed by atoms with E-state index in [1.807, 2.05) is 11.8 Å². The molecule has 2 nitrogen and oxygen atoms in total. The zero-order chi connectivity index (χ0) is 7.52. The van der Waals surface area contributed by atoms with Crippen LogP contribution in [0.2, 0.25) is 0 Å². The molecule has 0 atom stereocenters. The molecule has 0 aromatic carbocycles. The highest BCUT2D eigenvalue weighted by Gasteiger charge is 2.18. The maximum atomic E-state index is 4.37. The van der Waals surface area contributed by atoms with Crippen LogP contribution in [0.3, 0.4) is 0 Å². The molecule has 2 rings (SSSR count). The van der Waals surface area contributed by atoms with Gasteiger partial charge in [0.15, 0.2) is 5.17 Å². The normalized spacial score (nSPS) is 23.2. The zero-order valence-electron chi connectivity index (χ0n) is 7.05. The molecule has 0 radical (unpaired) electrons. The van der Waals surface area contributed by atoms with E-state index in [9.17, 15) is 0 Å². The van der Waals surface area contributed by atoms with Gasteiger partial charge in [0, 0.05) is 11.8 Å². The Bertz CT molecular complexity index is 166. The summed E-state index contributed by atoms with van der Waals surface area (Å²) < 4.78 is 0. The van der Waals surface area contributed by atoms with Crippen LogP contribution < -0.4 is 22.3 Å². The van der Waals surface area contributed by atoms with E-state index in [1.54, 1.807) is 0 Å². The van der Waals surface area contributed by atoms with Crippen molar-refractivity contribution in [2.24, 2.45) is 4.99 Å². The summed E-state index contributed by atoms with van der Waals surface area (Å²) in [4.78, 5) is 4.37. The Labute approximate surface area is 88.4 Å². The van der Waals surface area contributed by atoms with Crippen LogP contribution in [-0.4, -0.2) is 23.5 Å². The largest absolute Gasteiger partial charge is 1.00 e. The first-order valence-corrected chi connectivity index (χ1v) is 5.28. The van der Waals surface area contributed by atoms with Crippen molar-refractivity contribution in [1.82, 2.24) is 5.32 Å². The lowest BCUT2D eigenvalue weighted by Crippen LogP contribution is -3.00. The minimum absolute atomic E-state index is 0. The van der Waals surface area contributed by atoms with Gasteiger partial charge in [0.05, 0.1) is 6.54 Å². The fourth-order valence-corrected chi connectivity index (χ4v) is 2.86. The van der Waals surface area contributed by atoms with Gasteiger partial charge in [0.1, 0.15) is 0 Å². The van der Waals surface area contributed by atoms with Gasteiger partial charge in [-0.1, -0.05) is 24.6 Å². The van der Waals surface area contributed by atoms with Crippen molar-refractivity contribution >= 4 is 16.9 Å². The molecule has 0 bridgehead atoms. The summed E-state index contributed by atoms with van der Waals surface area (Å²) in [6.07, 6.45) is 5.63. The van der Waals surface area contributed by atoms with Crippen LogP contribution in [-0.2, 0) is 0 Å². The number of nitrogens with zero attached hydrogens (tertiary/aromatic N) is 1. The highest BCUT2D eigenvalue weighted by Crippen LogP contribution is 2.30. The summed E-state index contributed by atoms with van der Waals surface area (Å²) in [5.41, 5.74) is 0. The van der Waals surface area contributed by atoms with Gasteiger partial charge < -0.3 is 22.3 Å². The molecular weight excluding hydrogens is 236 g/mol. The average molecular weight is 250 g/mol. The van der Waals surface area contributed by atoms with Gasteiger partial charge in [-0.05, 0) is 12.8 Å². The lowest BCUT2D eigenvalue weighted by atomic mass is 10.4. The summed E-state index contributed by atoms with van der Waals surface area (Å²) in [6, 6.07) is 0. The molecule has 4 heteroatoms. The lowest BCUT2D eigenvalue weighted by Gasteiger charge is -2.07. The monoisotopic (exact) mass is 249 g/mol. The Hall–Kier alpha value is 0.300. The third kappa shape index (κ3) is 2.66. The number of hydrogen-bond donors (Lipinski definition) is 1. The van der Waals surface area contributed by atoms with Gasteiger partial charge in [0.25, 0.3) is 0 Å². The SMILES string of the molecule is C1CCC(SC2=NCCN2)C1.[Br-]. The molecular formula is C8H14BrN2S-. The van der Waals surface area contributed by atoms with E-state index in [0.717, 1.165) is 18.3 Å². The Balaban J connectivity index is 0.000000720. The molecule has 1 aliphatic heterocycles. The Morgan fingerprint density at radius 1 is 1.33 bits per heavy atom. The molecule has 70 valence electrons. The van der Waals surface area contributed by atoms with Crippen LogP contribution in [0, 0.1) is 0 Å². The number of nitrogens with one attached hydrogen (secondary N) is 1. The fourth-order valence-electron chi connectivity index (χ4n) is 1.62. The maximum Gasteiger partial charge on any atom is 0.156 e. The van der Waals surface area contributed by atoms with Gasteiger partial charge in [-0.3, -0.25) is 4.99 Å². The standard InChI is InChI=1S/C8H14N2S.BrH/c1-2-4-7(3-1)11-8-9-5-6-10-8;/h7H,1-6H2,(H,9,10);1H/p-1. The van der Waals surface area contributed by atoms with Gasteiger partial charge in [-0.15, -0.1) is 0 Å². The molecule has 1 heterocycles. The molecule has 0 amide bonds. The van der Waals surface area contributed by atoms with Crippen molar-refractivity contribution < 1.29 is 17.0 Å². The molecule has 0 aromatic heterocycles. The summed E-state index contributed by atoms with van der Waals surface area (Å²) >= 11 is 1.95. The lowest BCUT2D eigenvalue weighted by molar-refractivity contribution is -0.00000227. The van der Waals surface area contributed by atoms with Crippen LogP contribution in [0.15, 0.2) is 4.99 Å². The van der Waals surface area contributed by atoms with Gasteiger partial charge in [-0.2, -0.15) is 0 Å². The van der Waals surface area contributed by atoms with Crippen LogP contribution in [0.4, 0.5) is 0 Å². The van der Waals surface area contributed by atoms with Crippen LogP contribution in [0.25, 0.3) is 0 Å². The smallest absolute Gasteiger partial charge is 0.156 e. The van der Waals surface area contributed by atoms with E-state index in [1.165, 1.54) is 30.9 Å². The van der Waals surface area contributed by atoms with Crippen molar-refractivity contribution in [3.05, 3.63) is 0 Å². The number of rotatable bonds is 1. The summed E-state index contributed by atoms with van der Waals surface area (Å²) in [7, 11) is 0. The van der Waals surface area contributed by atoms with E-state index in [4.69, 9.17) is 0 Å². The van der Waals surface area contributed by atoms with Gasteiger partial charge in [-0.25, -0.2) is 0 Å². The minimum atomic E-state index is 0. The van der Waals surface area contributed by atoms with Crippen molar-refractivity contribution in [2.45, 2.75) is 30.9 Å². The number of thioether (sulfide) groups is 1. The van der Waals surface area contributed by atoms with Crippen LogP contribution in [0.5, 0.6) is 0 Å². The Kier molecular flexibility index (Phi) is 4.43. The molecule has 0 aromatic rings. The molecule has 12 heavy (non-hydrogen) atoms. The number of halogens is 1. The zero-order valence-corrected chi connectivity index (χ0v) is 9.46. The summed E-state index contributed by atoms with van der Waals surface area (Å²) in [6.45, 7) is 2.03. The predicted molar refractivity (Wildman–Crippen MR) is 50.2 cm³/mol. The van der Waals surface area contributed by atoms with Gasteiger partial charge >= 0.3 is 0 Å². The molecule has 2 aliphatic rings. The van der Waals surface area contributed by atoms with Crippen molar-refractivity contribution in [3.63, 3.8) is 0 Å². The van der Waals surface area contributed by atoms with Crippen LogP contribution >= 0.6 is 11.8 Å². The first-order chi connectivity index (χ1) is 5.45. The quantitative estimate of drug-likeness (QED) is 0.620. The van der Waals surface area contributed by atoms with E-state index in [0.29, 0.717) is 0 Å². The van der Waals surface area contributed by atoms with Crippen molar-refractivity contribution in [3.8, 4) is 0 Å². The molecule has 1 fully saturated rings. The van der Waals surface area contributed by atoms with E-state index in [-0.39, 0.29) is 17.0 Å². The third-order valence-corrected chi connectivity index (χ3v) is 3.53. The Morgan fingerprint density at radius 2 is 2.08 bits per heavy atom. The minimum Gasteiger partial charge on any atom is -1.00 e. The second-order valence-corrected chi connectivity index (χ2v) is 4.43. The van der Waals surface area contributed by atoms with Crippen molar-refractivity contribution in [2.75, 3.05) is 13.1 Å². The number of amidine groups is 1. The third-order valence-electron chi connectivity index (χ3n) is 2.22. The summed E-state index contributed by atoms with van der Waals surface area (Å²) in [5.74, 6) is 0. The first-order valence-electron chi connectivity index (χ1n) is 4.40. The maximum absolute atomic E-state index is 4.37. The molecule has 1 aliphatic carbocycles. The second kappa shape index (κ2) is 5.12. The fraction of sp³-hybridized carbons (Fsp3) is 0.875. The highest BCUT2D eigenvalue weighted by atomic mass is 79.9. The second-order valence-electron chi connectivity index (χ2n) is 3.14. The predicted octanol–water partition coefficient (Wildman–Crippen LogP) is -1.37. The first kappa shape index (κ1) is 10.4. The topological polar surface area (TPSA) is 24.4 Å². The van der Waals surface area contributed by atoms with E-state index >= 15 is 0 Å². The molecule has 1 N–H and O–H groups in total. The number of aliphatic imine (C=N–C) groups is 1. The summed E-state index contributed by atoms with van der Waals surface area (Å²) in [5, 5.41) is 5.35. The molecule has 0 unspecified atom stereocenters. The van der Waals surface area contributed by atoms with E-state index in [2.05, 4.69) is 10.3 Å². The van der Waals surface area contributed by atoms with Crippen LogP contribution in [0.1, 0.15) is 25.7 Å².